The summed E-state index contributed by atoms with van der Waals surface area (Å²) in [5, 5.41) is 18.4. The van der Waals surface area contributed by atoms with E-state index in [1.807, 2.05) is 0 Å². The van der Waals surface area contributed by atoms with Crippen LogP contribution in [-0.4, -0.2) is 33.0 Å². The summed E-state index contributed by atoms with van der Waals surface area (Å²) < 4.78 is 52.7. The highest BCUT2D eigenvalue weighted by Gasteiger charge is 2.35. The van der Waals surface area contributed by atoms with Gasteiger partial charge in [-0.25, -0.2) is 9.37 Å². The lowest BCUT2D eigenvalue weighted by atomic mass is 10.1. The maximum atomic E-state index is 13.0. The second-order valence-electron chi connectivity index (χ2n) is 5.94. The molecule has 2 aromatic heterocycles. The van der Waals surface area contributed by atoms with Crippen LogP contribution in [0.5, 0.6) is 0 Å². The van der Waals surface area contributed by atoms with Crippen LogP contribution < -0.4 is 10.6 Å². The fraction of sp³-hybridized carbons (Fsp3) is 0.467. The van der Waals surface area contributed by atoms with Crippen LogP contribution in [0, 0.1) is 18.3 Å². The predicted molar refractivity (Wildman–Crippen MR) is 86.7 cm³/mol. The number of anilines is 3. The molecule has 0 unspecified atom stereocenters. The molecule has 2 aromatic rings. The first-order valence-electron chi connectivity index (χ1n) is 7.57. The molecule has 7 nitrogen and oxygen atoms in total. The molecular formula is C15H17F4N7. The number of nitrogens with one attached hydrogen (secondary N) is 2. The summed E-state index contributed by atoms with van der Waals surface area (Å²) in [6, 6.07) is 2.09. The molecule has 140 valence electrons. The zero-order valence-electron chi connectivity index (χ0n) is 14.3. The zero-order valence-corrected chi connectivity index (χ0v) is 14.3. The minimum absolute atomic E-state index is 0.114. The Morgan fingerprint density at radius 1 is 1.31 bits per heavy atom. The molecule has 0 aliphatic rings. The van der Waals surface area contributed by atoms with Crippen LogP contribution in [0.1, 0.15) is 25.1 Å². The van der Waals surface area contributed by atoms with Crippen molar-refractivity contribution in [2.24, 2.45) is 0 Å². The highest BCUT2D eigenvalue weighted by atomic mass is 19.4. The van der Waals surface area contributed by atoms with Gasteiger partial charge in [-0.2, -0.15) is 28.5 Å². The normalized spacial score (nSPS) is 11.9. The molecule has 0 atom stereocenters. The van der Waals surface area contributed by atoms with Crippen molar-refractivity contribution in [3.8, 4) is 6.07 Å². The van der Waals surface area contributed by atoms with Crippen molar-refractivity contribution in [1.82, 2.24) is 19.7 Å². The van der Waals surface area contributed by atoms with Crippen LogP contribution in [0.3, 0.4) is 0 Å². The molecule has 2 heterocycles. The second kappa shape index (κ2) is 7.15. The third-order valence-corrected chi connectivity index (χ3v) is 3.47. The molecule has 0 aliphatic heterocycles. The molecule has 26 heavy (non-hydrogen) atoms. The number of hydrogen-bond acceptors (Lipinski definition) is 6. The van der Waals surface area contributed by atoms with Crippen LogP contribution in [0.4, 0.5) is 35.0 Å². The average molecular weight is 371 g/mol. The van der Waals surface area contributed by atoms with E-state index in [9.17, 15) is 17.6 Å². The Morgan fingerprint density at radius 2 is 2.00 bits per heavy atom. The Morgan fingerprint density at radius 3 is 2.58 bits per heavy atom. The van der Waals surface area contributed by atoms with Crippen LogP contribution >= 0.6 is 0 Å². The Balaban J connectivity index is 2.34. The van der Waals surface area contributed by atoms with Gasteiger partial charge in [0.2, 0.25) is 5.95 Å². The standard InChI is InChI=1S/C15H17F4N7/c1-9-11(7-26(25-9)14(2,3)8-20)23-13-22-6-10(15(17,18)19)12(24-13)21-5-4-16/h6-7H,4-5H2,1-3H3,(H2,21,22,23,24). The number of nitrogens with zero attached hydrogens (tertiary/aromatic N) is 5. The van der Waals surface area contributed by atoms with Gasteiger partial charge in [-0.3, -0.25) is 4.68 Å². The van der Waals surface area contributed by atoms with Gasteiger partial charge in [0, 0.05) is 12.7 Å². The van der Waals surface area contributed by atoms with E-state index in [2.05, 4.69) is 31.8 Å². The summed E-state index contributed by atoms with van der Waals surface area (Å²) >= 11 is 0. The molecule has 0 saturated carbocycles. The monoisotopic (exact) mass is 371 g/mol. The van der Waals surface area contributed by atoms with E-state index in [-0.39, 0.29) is 12.5 Å². The molecule has 2 N–H and O–H groups in total. The number of rotatable bonds is 6. The smallest absolute Gasteiger partial charge is 0.367 e. The number of alkyl halides is 4. The van der Waals surface area contributed by atoms with Crippen LogP contribution in [0.2, 0.25) is 0 Å². The van der Waals surface area contributed by atoms with Crippen LogP contribution in [-0.2, 0) is 11.7 Å². The number of aryl methyl sites for hydroxylation is 1. The van der Waals surface area contributed by atoms with E-state index in [1.165, 1.54) is 10.9 Å². The Hall–Kier alpha value is -2.90. The Labute approximate surface area is 147 Å². The molecule has 0 aliphatic carbocycles. The summed E-state index contributed by atoms with van der Waals surface area (Å²) in [7, 11) is 0. The number of nitriles is 1. The van der Waals surface area contributed by atoms with Gasteiger partial charge in [0.05, 0.1) is 23.6 Å². The van der Waals surface area contributed by atoms with Crippen molar-refractivity contribution < 1.29 is 17.6 Å². The van der Waals surface area contributed by atoms with E-state index in [1.54, 1.807) is 20.8 Å². The molecule has 2 rings (SSSR count). The number of hydrogen-bond donors (Lipinski definition) is 2. The summed E-state index contributed by atoms with van der Waals surface area (Å²) in [6.07, 6.45) is -2.52. The molecule has 11 heteroatoms. The molecule has 0 bridgehead atoms. The first-order chi connectivity index (χ1) is 12.1. The fourth-order valence-electron chi connectivity index (χ4n) is 1.99. The molecule has 0 spiro atoms. The van der Waals surface area contributed by atoms with Crippen LogP contribution in [0.15, 0.2) is 12.4 Å². The third-order valence-electron chi connectivity index (χ3n) is 3.47. The van der Waals surface area contributed by atoms with Crippen molar-refractivity contribution in [2.45, 2.75) is 32.5 Å². The summed E-state index contributed by atoms with van der Waals surface area (Å²) in [4.78, 5) is 7.45. The quantitative estimate of drug-likeness (QED) is 0.757. The van der Waals surface area contributed by atoms with E-state index in [0.29, 0.717) is 17.6 Å². The minimum atomic E-state index is -4.67. The van der Waals surface area contributed by atoms with E-state index >= 15 is 0 Å². The van der Waals surface area contributed by atoms with Gasteiger partial charge in [-0.15, -0.1) is 0 Å². The number of halogens is 4. The van der Waals surface area contributed by atoms with E-state index in [0.717, 1.165) is 0 Å². The van der Waals surface area contributed by atoms with E-state index < -0.39 is 29.8 Å². The maximum Gasteiger partial charge on any atom is 0.421 e. The summed E-state index contributed by atoms with van der Waals surface area (Å²) in [5.74, 6) is -0.633. The van der Waals surface area contributed by atoms with Crippen LogP contribution in [0.25, 0.3) is 0 Å². The van der Waals surface area contributed by atoms with E-state index in [4.69, 9.17) is 5.26 Å². The molecule has 0 fully saturated rings. The maximum absolute atomic E-state index is 13.0. The topological polar surface area (TPSA) is 91.5 Å². The predicted octanol–water partition coefficient (Wildman–Crippen LogP) is 3.38. The third kappa shape index (κ3) is 4.19. The largest absolute Gasteiger partial charge is 0.421 e. The zero-order chi connectivity index (χ0) is 19.5. The van der Waals surface area contributed by atoms with Crippen molar-refractivity contribution in [3.63, 3.8) is 0 Å². The highest BCUT2D eigenvalue weighted by molar-refractivity contribution is 5.58. The second-order valence-corrected chi connectivity index (χ2v) is 5.94. The first kappa shape index (κ1) is 19.4. The minimum Gasteiger partial charge on any atom is -0.367 e. The lowest BCUT2D eigenvalue weighted by molar-refractivity contribution is -0.137. The first-order valence-corrected chi connectivity index (χ1v) is 7.57. The fourth-order valence-corrected chi connectivity index (χ4v) is 1.99. The molecular weight excluding hydrogens is 354 g/mol. The summed E-state index contributed by atoms with van der Waals surface area (Å²) in [6.45, 7) is 3.83. The summed E-state index contributed by atoms with van der Waals surface area (Å²) in [5.41, 5.74) is -1.05. The SMILES string of the molecule is Cc1nn(C(C)(C)C#N)cc1Nc1ncc(C(F)(F)F)c(NCCF)n1. The van der Waals surface area contributed by atoms with Crippen molar-refractivity contribution in [3.05, 3.63) is 23.7 Å². The lowest BCUT2D eigenvalue weighted by Gasteiger charge is -2.15. The number of aromatic nitrogens is 4. The average Bonchev–Trinajstić information content (AvgIpc) is 2.93. The molecule has 0 radical (unpaired) electrons. The van der Waals surface area contributed by atoms with Crippen molar-refractivity contribution >= 4 is 17.5 Å². The highest BCUT2D eigenvalue weighted by Crippen LogP contribution is 2.34. The van der Waals surface area contributed by atoms with Gasteiger partial charge in [0.25, 0.3) is 0 Å². The molecule has 0 saturated heterocycles. The van der Waals surface area contributed by atoms with Gasteiger partial charge >= 0.3 is 6.18 Å². The molecule has 0 aromatic carbocycles. The Bertz CT molecular complexity index is 820. The van der Waals surface area contributed by atoms with Gasteiger partial charge < -0.3 is 10.6 Å². The van der Waals surface area contributed by atoms with Gasteiger partial charge in [-0.1, -0.05) is 0 Å². The van der Waals surface area contributed by atoms with Gasteiger partial charge in [0.15, 0.2) is 0 Å². The van der Waals surface area contributed by atoms with Crippen molar-refractivity contribution in [2.75, 3.05) is 23.9 Å². The molecule has 0 amide bonds. The van der Waals surface area contributed by atoms with Crippen molar-refractivity contribution in [1.29, 1.82) is 5.26 Å². The van der Waals surface area contributed by atoms with Gasteiger partial charge in [-0.05, 0) is 20.8 Å². The lowest BCUT2D eigenvalue weighted by Crippen LogP contribution is -2.24. The van der Waals surface area contributed by atoms with Gasteiger partial charge in [0.1, 0.15) is 23.6 Å². The Kier molecular flexibility index (Phi) is 5.34.